The number of ether oxygens (including phenoxy) is 1. The van der Waals surface area contributed by atoms with E-state index in [-0.39, 0.29) is 17.3 Å². The van der Waals surface area contributed by atoms with Crippen LogP contribution < -0.4 is 0 Å². The van der Waals surface area contributed by atoms with Crippen molar-refractivity contribution in [1.82, 2.24) is 19.5 Å². The number of imidazole rings is 1. The zero-order valence-corrected chi connectivity index (χ0v) is 14.4. The monoisotopic (exact) mass is 340 g/mol. The van der Waals surface area contributed by atoms with Crippen LogP contribution >= 0.6 is 11.6 Å². The number of hydrogen-bond acceptors (Lipinski definition) is 4. The molecule has 0 N–H and O–H groups in total. The molecule has 3 rings (SSSR count). The standard InChI is InChI=1S/C16H22ClFN4O/c1-4-6-7-10-13-14(21-16(17)20-10)22(8-19-13)15-12(18)9(3)11(5-2)23-15/h8-9,11-12,15H,4-7H2,1-3H3/t9-,11-,12+,15-/m1/s1. The average molecular weight is 341 g/mol. The largest absolute Gasteiger partial charge is 0.351 e. The van der Waals surface area contributed by atoms with Crippen molar-refractivity contribution < 1.29 is 9.13 Å². The summed E-state index contributed by atoms with van der Waals surface area (Å²) >= 11 is 6.06. The van der Waals surface area contributed by atoms with Crippen LogP contribution in [-0.4, -0.2) is 31.8 Å². The van der Waals surface area contributed by atoms with Gasteiger partial charge in [0.15, 0.2) is 18.0 Å². The molecule has 0 radical (unpaired) electrons. The second-order valence-electron chi connectivity index (χ2n) is 6.14. The minimum atomic E-state index is -1.09. The fraction of sp³-hybridized carbons (Fsp3) is 0.688. The third-order valence-electron chi connectivity index (χ3n) is 4.59. The maximum atomic E-state index is 14.7. The van der Waals surface area contributed by atoms with Gasteiger partial charge in [-0.15, -0.1) is 0 Å². The van der Waals surface area contributed by atoms with Gasteiger partial charge in [0.05, 0.1) is 18.1 Å². The van der Waals surface area contributed by atoms with Crippen molar-refractivity contribution in [2.75, 3.05) is 0 Å². The summed E-state index contributed by atoms with van der Waals surface area (Å²) in [6.45, 7) is 6.00. The molecule has 1 aliphatic heterocycles. The fourth-order valence-electron chi connectivity index (χ4n) is 3.18. The Labute approximate surface area is 140 Å². The Kier molecular flexibility index (Phi) is 4.82. The lowest BCUT2D eigenvalue weighted by Crippen LogP contribution is -2.20. The molecule has 126 valence electrons. The lowest BCUT2D eigenvalue weighted by atomic mass is 10.00. The summed E-state index contributed by atoms with van der Waals surface area (Å²) in [5.41, 5.74) is 2.05. The molecule has 2 aromatic rings. The Bertz CT molecular complexity index is 692. The number of alkyl halides is 1. The van der Waals surface area contributed by atoms with E-state index in [9.17, 15) is 4.39 Å². The Hall–Kier alpha value is -1.27. The molecular weight excluding hydrogens is 319 g/mol. The molecule has 0 bridgehead atoms. The Morgan fingerprint density at radius 1 is 1.35 bits per heavy atom. The van der Waals surface area contributed by atoms with Crippen LogP contribution in [0.2, 0.25) is 5.28 Å². The van der Waals surface area contributed by atoms with Crippen molar-refractivity contribution in [2.45, 2.75) is 65.0 Å². The normalized spacial score (nSPS) is 27.9. The first-order valence-corrected chi connectivity index (χ1v) is 8.63. The lowest BCUT2D eigenvalue weighted by molar-refractivity contribution is -0.0186. The van der Waals surface area contributed by atoms with Crippen molar-refractivity contribution >= 4 is 22.8 Å². The molecule has 1 fully saturated rings. The molecule has 7 heteroatoms. The van der Waals surface area contributed by atoms with Gasteiger partial charge < -0.3 is 4.74 Å². The quantitative estimate of drug-likeness (QED) is 0.769. The number of aromatic nitrogens is 4. The van der Waals surface area contributed by atoms with Crippen molar-refractivity contribution in [2.24, 2.45) is 5.92 Å². The zero-order chi connectivity index (χ0) is 16.6. The van der Waals surface area contributed by atoms with Crippen molar-refractivity contribution in [1.29, 1.82) is 0 Å². The molecule has 0 spiro atoms. The van der Waals surface area contributed by atoms with Crippen LogP contribution in [0.15, 0.2) is 6.33 Å². The number of hydrogen-bond donors (Lipinski definition) is 0. The number of fused-ring (bicyclic) bond motifs is 1. The Morgan fingerprint density at radius 2 is 2.13 bits per heavy atom. The van der Waals surface area contributed by atoms with Crippen LogP contribution in [0.25, 0.3) is 11.2 Å². The summed E-state index contributed by atoms with van der Waals surface area (Å²) in [4.78, 5) is 13.0. The summed E-state index contributed by atoms with van der Waals surface area (Å²) in [5.74, 6) is -0.153. The van der Waals surface area contributed by atoms with E-state index >= 15 is 0 Å². The third-order valence-corrected chi connectivity index (χ3v) is 4.75. The molecule has 5 nitrogen and oxygen atoms in total. The number of halogens is 2. The molecule has 0 unspecified atom stereocenters. The molecule has 23 heavy (non-hydrogen) atoms. The minimum absolute atomic E-state index is 0.0932. The van der Waals surface area contributed by atoms with Gasteiger partial charge >= 0.3 is 0 Å². The maximum absolute atomic E-state index is 14.7. The SMILES string of the molecule is CCCCc1nc(Cl)nc2c1ncn2[C@@H]1O[C@H](CC)[C@@H](C)[C@@H]1F. The Balaban J connectivity index is 2.01. The first-order valence-electron chi connectivity index (χ1n) is 8.25. The highest BCUT2D eigenvalue weighted by Crippen LogP contribution is 2.38. The van der Waals surface area contributed by atoms with Crippen molar-refractivity contribution in [3.63, 3.8) is 0 Å². The molecule has 3 heterocycles. The van der Waals surface area contributed by atoms with Crippen molar-refractivity contribution in [3.8, 4) is 0 Å². The summed E-state index contributed by atoms with van der Waals surface area (Å²) < 4.78 is 22.2. The average Bonchev–Trinajstić information content (AvgIpc) is 3.07. The van der Waals surface area contributed by atoms with E-state index in [1.807, 2.05) is 13.8 Å². The summed E-state index contributed by atoms with van der Waals surface area (Å²) in [7, 11) is 0. The summed E-state index contributed by atoms with van der Waals surface area (Å²) in [6.07, 6.45) is 3.31. The first-order chi connectivity index (χ1) is 11.1. The van der Waals surface area contributed by atoms with Gasteiger partial charge in [0.1, 0.15) is 5.52 Å². The van der Waals surface area contributed by atoms with Gasteiger partial charge in [-0.05, 0) is 30.9 Å². The van der Waals surface area contributed by atoms with Gasteiger partial charge in [-0.2, -0.15) is 4.98 Å². The van der Waals surface area contributed by atoms with E-state index in [0.29, 0.717) is 11.2 Å². The second-order valence-corrected chi connectivity index (χ2v) is 6.48. The van der Waals surface area contributed by atoms with E-state index in [0.717, 1.165) is 31.4 Å². The molecule has 4 atom stereocenters. The topological polar surface area (TPSA) is 52.8 Å². The van der Waals surface area contributed by atoms with E-state index in [4.69, 9.17) is 16.3 Å². The molecule has 2 aromatic heterocycles. The highest BCUT2D eigenvalue weighted by molar-refractivity contribution is 6.28. The van der Waals surface area contributed by atoms with Crippen molar-refractivity contribution in [3.05, 3.63) is 17.3 Å². The van der Waals surface area contributed by atoms with Gasteiger partial charge in [0, 0.05) is 5.92 Å². The number of nitrogens with zero attached hydrogens (tertiary/aromatic N) is 4. The molecule has 1 saturated heterocycles. The molecule has 0 amide bonds. The number of aryl methyl sites for hydroxylation is 1. The summed E-state index contributed by atoms with van der Waals surface area (Å²) in [6, 6.07) is 0. The summed E-state index contributed by atoms with van der Waals surface area (Å²) in [5, 5.41) is 0.166. The van der Waals surface area contributed by atoms with Crippen LogP contribution in [0.4, 0.5) is 4.39 Å². The maximum Gasteiger partial charge on any atom is 0.224 e. The van der Waals surface area contributed by atoms with E-state index < -0.39 is 12.4 Å². The fourth-order valence-corrected chi connectivity index (χ4v) is 3.36. The van der Waals surface area contributed by atoms with Gasteiger partial charge in [-0.1, -0.05) is 27.2 Å². The van der Waals surface area contributed by atoms with Crippen LogP contribution in [0.3, 0.4) is 0 Å². The molecule has 0 aliphatic carbocycles. The number of rotatable bonds is 5. The number of unbranched alkanes of at least 4 members (excludes halogenated alkanes) is 1. The first kappa shape index (κ1) is 16.6. The third kappa shape index (κ3) is 2.94. The van der Waals surface area contributed by atoms with E-state index in [1.54, 1.807) is 10.9 Å². The van der Waals surface area contributed by atoms with Gasteiger partial charge in [-0.25, -0.2) is 14.4 Å². The van der Waals surface area contributed by atoms with Crippen LogP contribution in [-0.2, 0) is 11.2 Å². The molecule has 1 aliphatic rings. The van der Waals surface area contributed by atoms with Gasteiger partial charge in [0.2, 0.25) is 5.28 Å². The zero-order valence-electron chi connectivity index (χ0n) is 13.7. The second kappa shape index (κ2) is 6.69. The van der Waals surface area contributed by atoms with Gasteiger partial charge in [-0.3, -0.25) is 4.57 Å². The highest BCUT2D eigenvalue weighted by atomic mass is 35.5. The van der Waals surface area contributed by atoms with Crippen LogP contribution in [0, 0.1) is 5.92 Å². The molecular formula is C16H22ClFN4O. The molecule has 0 aromatic carbocycles. The van der Waals surface area contributed by atoms with Crippen LogP contribution in [0.1, 0.15) is 52.0 Å². The predicted molar refractivity (Wildman–Crippen MR) is 87.2 cm³/mol. The van der Waals surface area contributed by atoms with Crippen LogP contribution in [0.5, 0.6) is 0 Å². The van der Waals surface area contributed by atoms with E-state index in [2.05, 4.69) is 21.9 Å². The van der Waals surface area contributed by atoms with Gasteiger partial charge in [0.25, 0.3) is 0 Å². The smallest absolute Gasteiger partial charge is 0.224 e. The predicted octanol–water partition coefficient (Wildman–Crippen LogP) is 4.10. The Morgan fingerprint density at radius 3 is 2.78 bits per heavy atom. The highest BCUT2D eigenvalue weighted by Gasteiger charge is 2.43. The molecule has 0 saturated carbocycles. The lowest BCUT2D eigenvalue weighted by Gasteiger charge is -2.15. The minimum Gasteiger partial charge on any atom is -0.351 e. The van der Waals surface area contributed by atoms with E-state index in [1.165, 1.54) is 0 Å².